The molecule has 0 unspecified atom stereocenters. The highest BCUT2D eigenvalue weighted by Gasteiger charge is 2.20. The van der Waals surface area contributed by atoms with Gasteiger partial charge >= 0.3 is 0 Å². The molecule has 0 atom stereocenters. The van der Waals surface area contributed by atoms with Crippen LogP contribution in [0.3, 0.4) is 0 Å². The van der Waals surface area contributed by atoms with Crippen molar-refractivity contribution in [1.82, 2.24) is 5.32 Å². The number of hydrogen-bond donors (Lipinski definition) is 2. The lowest BCUT2D eigenvalue weighted by Gasteiger charge is -2.20. The number of thiol groups is 1. The van der Waals surface area contributed by atoms with Crippen LogP contribution in [0.4, 0.5) is 0 Å². The van der Waals surface area contributed by atoms with Crippen molar-refractivity contribution in [1.29, 1.82) is 0 Å². The van der Waals surface area contributed by atoms with E-state index in [-0.39, 0.29) is 11.3 Å². The Morgan fingerprint density at radius 2 is 1.80 bits per heavy atom. The molecular formula is C11H23NO2S. The van der Waals surface area contributed by atoms with Gasteiger partial charge in [0.2, 0.25) is 5.91 Å². The van der Waals surface area contributed by atoms with Gasteiger partial charge in [-0.15, -0.1) is 12.6 Å². The summed E-state index contributed by atoms with van der Waals surface area (Å²) in [6.45, 7) is 10.7. The predicted molar refractivity (Wildman–Crippen MR) is 66.1 cm³/mol. The number of hydrogen-bond acceptors (Lipinski definition) is 3. The number of rotatable bonds is 5. The van der Waals surface area contributed by atoms with Crippen molar-refractivity contribution >= 4 is 18.5 Å². The van der Waals surface area contributed by atoms with Gasteiger partial charge in [-0.2, -0.15) is 0 Å². The molecule has 0 aliphatic carbocycles. The molecular weight excluding hydrogens is 210 g/mol. The third kappa shape index (κ3) is 8.75. The Morgan fingerprint density at radius 1 is 1.27 bits per heavy atom. The van der Waals surface area contributed by atoms with Gasteiger partial charge in [0, 0.05) is 12.0 Å². The fraction of sp³-hybridized carbons (Fsp3) is 0.909. The summed E-state index contributed by atoms with van der Waals surface area (Å²) in [4.78, 5) is 11.1. The van der Waals surface area contributed by atoms with Crippen LogP contribution in [-0.2, 0) is 9.53 Å². The van der Waals surface area contributed by atoms with E-state index in [0.29, 0.717) is 13.2 Å². The summed E-state index contributed by atoms with van der Waals surface area (Å²) >= 11 is 4.23. The van der Waals surface area contributed by atoms with Gasteiger partial charge in [-0.3, -0.25) is 4.79 Å². The summed E-state index contributed by atoms with van der Waals surface area (Å²) in [7, 11) is 0. The standard InChI is InChI=1S/C11H23NO2S/c1-10(2,3)9(13)12-7-6-8-14-11(4,5)15/h15H,6-8H2,1-5H3,(H,12,13). The Kier molecular flexibility index (Phi) is 5.67. The van der Waals surface area contributed by atoms with Crippen LogP contribution >= 0.6 is 12.6 Å². The molecule has 4 heteroatoms. The maximum absolute atomic E-state index is 11.5. The summed E-state index contributed by atoms with van der Waals surface area (Å²) in [6, 6.07) is 0. The van der Waals surface area contributed by atoms with Crippen LogP contribution in [0, 0.1) is 5.41 Å². The molecule has 0 radical (unpaired) electrons. The highest BCUT2D eigenvalue weighted by atomic mass is 32.1. The van der Waals surface area contributed by atoms with Crippen LogP contribution in [0.25, 0.3) is 0 Å². The van der Waals surface area contributed by atoms with Crippen molar-refractivity contribution < 1.29 is 9.53 Å². The smallest absolute Gasteiger partial charge is 0.225 e. The van der Waals surface area contributed by atoms with Gasteiger partial charge in [0.25, 0.3) is 0 Å². The van der Waals surface area contributed by atoms with Crippen molar-refractivity contribution in [3.63, 3.8) is 0 Å². The van der Waals surface area contributed by atoms with Crippen molar-refractivity contribution in [2.75, 3.05) is 13.2 Å². The summed E-state index contributed by atoms with van der Waals surface area (Å²) < 4.78 is 5.41. The minimum Gasteiger partial charge on any atom is -0.365 e. The van der Waals surface area contributed by atoms with E-state index >= 15 is 0 Å². The van der Waals surface area contributed by atoms with Crippen molar-refractivity contribution in [2.24, 2.45) is 5.41 Å². The van der Waals surface area contributed by atoms with Crippen LogP contribution in [0.15, 0.2) is 0 Å². The molecule has 0 rings (SSSR count). The zero-order valence-corrected chi connectivity index (χ0v) is 11.3. The third-order valence-corrected chi connectivity index (χ3v) is 1.87. The molecule has 15 heavy (non-hydrogen) atoms. The normalized spacial score (nSPS) is 12.7. The first-order valence-corrected chi connectivity index (χ1v) is 5.72. The first-order valence-electron chi connectivity index (χ1n) is 5.27. The molecule has 0 fully saturated rings. The number of carbonyl (C=O) groups is 1. The Hall–Kier alpha value is -0.220. The fourth-order valence-corrected chi connectivity index (χ4v) is 0.952. The molecule has 0 bridgehead atoms. The average molecular weight is 233 g/mol. The van der Waals surface area contributed by atoms with Crippen LogP contribution in [0.1, 0.15) is 41.0 Å². The molecule has 0 heterocycles. The Balaban J connectivity index is 3.53. The van der Waals surface area contributed by atoms with Crippen molar-refractivity contribution in [3.8, 4) is 0 Å². The number of ether oxygens (including phenoxy) is 1. The van der Waals surface area contributed by atoms with Crippen molar-refractivity contribution in [3.05, 3.63) is 0 Å². The highest BCUT2D eigenvalue weighted by Crippen LogP contribution is 2.14. The fourth-order valence-electron chi connectivity index (χ4n) is 0.861. The van der Waals surface area contributed by atoms with E-state index in [9.17, 15) is 4.79 Å². The second kappa shape index (κ2) is 5.75. The highest BCUT2D eigenvalue weighted by molar-refractivity contribution is 7.81. The summed E-state index contributed by atoms with van der Waals surface area (Å²) in [6.07, 6.45) is 0.811. The number of amides is 1. The lowest BCUT2D eigenvalue weighted by Crippen LogP contribution is -2.35. The van der Waals surface area contributed by atoms with Crippen molar-refractivity contribution in [2.45, 2.75) is 46.0 Å². The first-order chi connectivity index (χ1) is 6.63. The van der Waals surface area contributed by atoms with Crippen LogP contribution in [0.5, 0.6) is 0 Å². The first kappa shape index (κ1) is 14.8. The minimum atomic E-state index is -0.395. The van der Waals surface area contributed by atoms with E-state index in [4.69, 9.17) is 4.74 Å². The van der Waals surface area contributed by atoms with Crippen LogP contribution in [0.2, 0.25) is 0 Å². The molecule has 0 spiro atoms. The second-order valence-electron chi connectivity index (χ2n) is 5.15. The summed E-state index contributed by atoms with van der Waals surface area (Å²) in [5.41, 5.74) is -0.316. The summed E-state index contributed by atoms with van der Waals surface area (Å²) in [5, 5.41) is 2.86. The maximum Gasteiger partial charge on any atom is 0.225 e. The topological polar surface area (TPSA) is 38.3 Å². The molecule has 0 aromatic heterocycles. The molecule has 0 aromatic carbocycles. The quantitative estimate of drug-likeness (QED) is 0.434. The molecule has 0 aromatic rings. The van der Waals surface area contributed by atoms with Gasteiger partial charge in [-0.1, -0.05) is 20.8 Å². The largest absolute Gasteiger partial charge is 0.365 e. The lowest BCUT2D eigenvalue weighted by atomic mass is 9.96. The van der Waals surface area contributed by atoms with Crippen LogP contribution in [-0.4, -0.2) is 24.0 Å². The zero-order valence-electron chi connectivity index (χ0n) is 10.4. The maximum atomic E-state index is 11.5. The Morgan fingerprint density at radius 3 is 2.20 bits per heavy atom. The molecule has 0 aliphatic heterocycles. The van der Waals surface area contributed by atoms with Gasteiger partial charge in [-0.05, 0) is 20.3 Å². The van der Waals surface area contributed by atoms with E-state index in [1.807, 2.05) is 34.6 Å². The average Bonchev–Trinajstić information content (AvgIpc) is 1.99. The number of carbonyl (C=O) groups excluding carboxylic acids is 1. The summed E-state index contributed by atoms with van der Waals surface area (Å²) in [5.74, 6) is 0.0765. The molecule has 3 nitrogen and oxygen atoms in total. The van der Waals surface area contributed by atoms with Crippen LogP contribution < -0.4 is 5.32 Å². The molecule has 0 aliphatic rings. The van der Waals surface area contributed by atoms with E-state index in [2.05, 4.69) is 17.9 Å². The Labute approximate surface area is 98.4 Å². The van der Waals surface area contributed by atoms with Gasteiger partial charge in [0.05, 0.1) is 6.61 Å². The van der Waals surface area contributed by atoms with Gasteiger partial charge in [0.1, 0.15) is 4.93 Å². The molecule has 0 saturated heterocycles. The lowest BCUT2D eigenvalue weighted by molar-refractivity contribution is -0.128. The third-order valence-electron chi connectivity index (χ3n) is 1.74. The van der Waals surface area contributed by atoms with Gasteiger partial charge in [0.15, 0.2) is 0 Å². The predicted octanol–water partition coefficient (Wildman–Crippen LogP) is 2.22. The SMILES string of the molecule is CC(C)(S)OCCCNC(=O)C(C)(C)C. The second-order valence-corrected chi connectivity index (χ2v) is 6.23. The zero-order chi connectivity index (χ0) is 12.1. The van der Waals surface area contributed by atoms with E-state index in [1.165, 1.54) is 0 Å². The van der Waals surface area contributed by atoms with E-state index < -0.39 is 4.93 Å². The monoisotopic (exact) mass is 233 g/mol. The minimum absolute atomic E-state index is 0.0765. The van der Waals surface area contributed by atoms with E-state index in [1.54, 1.807) is 0 Å². The molecule has 90 valence electrons. The Bertz CT molecular complexity index is 204. The molecule has 1 N–H and O–H groups in total. The number of nitrogens with one attached hydrogen (secondary N) is 1. The molecule has 0 saturated carbocycles. The van der Waals surface area contributed by atoms with E-state index in [0.717, 1.165) is 6.42 Å². The van der Waals surface area contributed by atoms with Gasteiger partial charge in [-0.25, -0.2) is 0 Å². The molecule has 1 amide bonds. The van der Waals surface area contributed by atoms with Gasteiger partial charge < -0.3 is 10.1 Å².